The molecule has 0 amide bonds. The van der Waals surface area contributed by atoms with E-state index in [9.17, 15) is 4.79 Å². The first kappa shape index (κ1) is 9.48. The Balaban J connectivity index is 2.53. The number of methoxy groups -OCH3 is 1. The summed E-state index contributed by atoms with van der Waals surface area (Å²) in [5.74, 6) is -0.294. The third-order valence-electron chi connectivity index (χ3n) is 1.86. The van der Waals surface area contributed by atoms with Crippen molar-refractivity contribution in [2.75, 3.05) is 20.5 Å². The monoisotopic (exact) mass is 174 g/mol. The number of rotatable bonds is 3. The standard InChI is InChI=1S/C8H14O4/c1-8(2)4-11-7(9)6(8)12-5-10-3/h6H,4-5H2,1-3H3/t6-/m0/s1. The molecule has 0 bridgehead atoms. The van der Waals surface area contributed by atoms with E-state index in [1.54, 1.807) is 0 Å². The molecule has 4 heteroatoms. The Morgan fingerprint density at radius 3 is 2.75 bits per heavy atom. The van der Waals surface area contributed by atoms with E-state index in [1.165, 1.54) is 7.11 Å². The van der Waals surface area contributed by atoms with E-state index in [-0.39, 0.29) is 18.2 Å². The molecule has 1 atom stereocenters. The van der Waals surface area contributed by atoms with Crippen molar-refractivity contribution < 1.29 is 19.0 Å². The van der Waals surface area contributed by atoms with Crippen molar-refractivity contribution in [1.82, 2.24) is 0 Å². The Bertz CT molecular complexity index is 176. The fourth-order valence-corrected chi connectivity index (χ4v) is 1.16. The van der Waals surface area contributed by atoms with Crippen LogP contribution in [0, 0.1) is 5.41 Å². The van der Waals surface area contributed by atoms with Crippen LogP contribution in [0.5, 0.6) is 0 Å². The predicted molar refractivity (Wildman–Crippen MR) is 41.5 cm³/mol. The number of esters is 1. The molecule has 0 aromatic carbocycles. The van der Waals surface area contributed by atoms with Gasteiger partial charge in [-0.1, -0.05) is 13.8 Å². The zero-order valence-electron chi connectivity index (χ0n) is 7.62. The third-order valence-corrected chi connectivity index (χ3v) is 1.86. The van der Waals surface area contributed by atoms with E-state index >= 15 is 0 Å². The lowest BCUT2D eigenvalue weighted by Gasteiger charge is -2.21. The molecule has 0 N–H and O–H groups in total. The van der Waals surface area contributed by atoms with Crippen LogP contribution in [0.25, 0.3) is 0 Å². The summed E-state index contributed by atoms with van der Waals surface area (Å²) >= 11 is 0. The van der Waals surface area contributed by atoms with Crippen molar-refractivity contribution in [3.8, 4) is 0 Å². The van der Waals surface area contributed by atoms with Gasteiger partial charge in [-0.2, -0.15) is 0 Å². The number of carbonyl (C=O) groups excluding carboxylic acids is 1. The van der Waals surface area contributed by atoms with E-state index in [0.717, 1.165) is 0 Å². The lowest BCUT2D eigenvalue weighted by molar-refractivity contribution is -0.156. The molecule has 0 saturated carbocycles. The summed E-state index contributed by atoms with van der Waals surface area (Å²) in [4.78, 5) is 11.1. The Morgan fingerprint density at radius 2 is 2.33 bits per heavy atom. The molecule has 0 unspecified atom stereocenters. The highest BCUT2D eigenvalue weighted by atomic mass is 16.7. The molecule has 1 heterocycles. The molecule has 4 nitrogen and oxygen atoms in total. The second-order valence-electron chi connectivity index (χ2n) is 3.55. The van der Waals surface area contributed by atoms with Crippen LogP contribution in [0.2, 0.25) is 0 Å². The minimum Gasteiger partial charge on any atom is -0.463 e. The van der Waals surface area contributed by atoms with Gasteiger partial charge in [-0.15, -0.1) is 0 Å². The molecule has 12 heavy (non-hydrogen) atoms. The van der Waals surface area contributed by atoms with E-state index < -0.39 is 6.10 Å². The summed E-state index contributed by atoms with van der Waals surface area (Å²) in [5, 5.41) is 0. The molecule has 0 aromatic rings. The molecule has 1 fully saturated rings. The Hall–Kier alpha value is -0.610. The first-order valence-electron chi connectivity index (χ1n) is 3.85. The Morgan fingerprint density at radius 1 is 1.67 bits per heavy atom. The van der Waals surface area contributed by atoms with Crippen molar-refractivity contribution in [2.24, 2.45) is 5.41 Å². The fourth-order valence-electron chi connectivity index (χ4n) is 1.16. The van der Waals surface area contributed by atoms with Gasteiger partial charge in [0.05, 0.1) is 6.61 Å². The summed E-state index contributed by atoms with van der Waals surface area (Å²) in [6.45, 7) is 4.40. The third kappa shape index (κ3) is 1.76. The van der Waals surface area contributed by atoms with Gasteiger partial charge in [-0.25, -0.2) is 4.79 Å². The second-order valence-corrected chi connectivity index (χ2v) is 3.55. The minimum atomic E-state index is -0.488. The summed E-state index contributed by atoms with van der Waals surface area (Å²) in [6.07, 6.45) is -0.488. The SMILES string of the molecule is COCO[C@H]1C(=O)OCC1(C)C. The number of hydrogen-bond donors (Lipinski definition) is 0. The average Bonchev–Trinajstić information content (AvgIpc) is 2.24. The van der Waals surface area contributed by atoms with Gasteiger partial charge in [0, 0.05) is 12.5 Å². The summed E-state index contributed by atoms with van der Waals surface area (Å²) in [7, 11) is 1.52. The van der Waals surface area contributed by atoms with E-state index in [4.69, 9.17) is 14.2 Å². The van der Waals surface area contributed by atoms with Gasteiger partial charge in [-0.05, 0) is 0 Å². The molecule has 1 rings (SSSR count). The van der Waals surface area contributed by atoms with E-state index in [2.05, 4.69) is 0 Å². The zero-order chi connectivity index (χ0) is 9.19. The van der Waals surface area contributed by atoms with E-state index in [0.29, 0.717) is 6.61 Å². The van der Waals surface area contributed by atoms with Gasteiger partial charge in [0.2, 0.25) is 0 Å². The lowest BCUT2D eigenvalue weighted by atomic mass is 9.90. The molecule has 0 aromatic heterocycles. The minimum absolute atomic E-state index is 0.128. The molecule has 70 valence electrons. The Kier molecular flexibility index (Phi) is 2.69. The predicted octanol–water partition coefficient (Wildman–Crippen LogP) is 0.558. The average molecular weight is 174 g/mol. The van der Waals surface area contributed by atoms with Crippen molar-refractivity contribution in [3.05, 3.63) is 0 Å². The molecule has 1 saturated heterocycles. The van der Waals surface area contributed by atoms with Crippen LogP contribution in [0.4, 0.5) is 0 Å². The van der Waals surface area contributed by atoms with Gasteiger partial charge in [0.25, 0.3) is 0 Å². The molecule has 1 aliphatic heterocycles. The van der Waals surface area contributed by atoms with E-state index in [1.807, 2.05) is 13.8 Å². The van der Waals surface area contributed by atoms with Gasteiger partial charge >= 0.3 is 5.97 Å². The summed E-state index contributed by atoms with van der Waals surface area (Å²) in [5.41, 5.74) is -0.240. The topological polar surface area (TPSA) is 44.8 Å². The van der Waals surface area contributed by atoms with Gasteiger partial charge in [0.1, 0.15) is 6.79 Å². The quantitative estimate of drug-likeness (QED) is 0.463. The van der Waals surface area contributed by atoms with Crippen LogP contribution in [0.1, 0.15) is 13.8 Å². The number of hydrogen-bond acceptors (Lipinski definition) is 4. The maximum absolute atomic E-state index is 11.1. The van der Waals surface area contributed by atoms with Crippen LogP contribution in [-0.4, -0.2) is 32.6 Å². The van der Waals surface area contributed by atoms with Crippen molar-refractivity contribution in [3.63, 3.8) is 0 Å². The lowest BCUT2D eigenvalue weighted by Crippen LogP contribution is -2.33. The number of ether oxygens (including phenoxy) is 3. The maximum Gasteiger partial charge on any atom is 0.336 e. The highest BCUT2D eigenvalue weighted by Crippen LogP contribution is 2.30. The van der Waals surface area contributed by atoms with Crippen molar-refractivity contribution in [1.29, 1.82) is 0 Å². The summed E-state index contributed by atoms with van der Waals surface area (Å²) < 4.78 is 14.8. The van der Waals surface area contributed by atoms with Gasteiger partial charge < -0.3 is 14.2 Å². The van der Waals surface area contributed by atoms with Gasteiger partial charge in [0.15, 0.2) is 6.10 Å². The molecule has 1 aliphatic rings. The number of carbonyl (C=O) groups is 1. The largest absolute Gasteiger partial charge is 0.463 e. The first-order chi connectivity index (χ1) is 5.58. The normalized spacial score (nSPS) is 27.2. The van der Waals surface area contributed by atoms with Crippen LogP contribution >= 0.6 is 0 Å². The van der Waals surface area contributed by atoms with Crippen LogP contribution in [0.15, 0.2) is 0 Å². The van der Waals surface area contributed by atoms with Crippen LogP contribution < -0.4 is 0 Å². The molecular weight excluding hydrogens is 160 g/mol. The Labute approximate surface area is 71.8 Å². The van der Waals surface area contributed by atoms with Gasteiger partial charge in [-0.3, -0.25) is 0 Å². The van der Waals surface area contributed by atoms with Crippen molar-refractivity contribution in [2.45, 2.75) is 20.0 Å². The number of cyclic esters (lactones) is 1. The first-order valence-corrected chi connectivity index (χ1v) is 3.85. The zero-order valence-corrected chi connectivity index (χ0v) is 7.62. The highest BCUT2D eigenvalue weighted by molar-refractivity contribution is 5.77. The maximum atomic E-state index is 11.1. The fraction of sp³-hybridized carbons (Fsp3) is 0.875. The van der Waals surface area contributed by atoms with Crippen molar-refractivity contribution >= 4 is 5.97 Å². The highest BCUT2D eigenvalue weighted by Gasteiger charge is 2.44. The molecule has 0 radical (unpaired) electrons. The second kappa shape index (κ2) is 3.41. The summed E-state index contributed by atoms with van der Waals surface area (Å²) in [6, 6.07) is 0. The molecule has 0 spiro atoms. The molecule has 0 aliphatic carbocycles. The smallest absolute Gasteiger partial charge is 0.336 e. The molecular formula is C8H14O4. The van der Waals surface area contributed by atoms with Crippen LogP contribution in [0.3, 0.4) is 0 Å². The van der Waals surface area contributed by atoms with Crippen LogP contribution in [-0.2, 0) is 19.0 Å².